The highest BCUT2D eigenvalue weighted by Gasteiger charge is 2.11. The maximum absolute atomic E-state index is 11.8. The molecule has 1 amide bonds. The number of aryl methyl sites for hydroxylation is 3. The summed E-state index contributed by atoms with van der Waals surface area (Å²) in [6, 6.07) is 1.69. The molecule has 0 bridgehead atoms. The van der Waals surface area contributed by atoms with Gasteiger partial charge in [0.2, 0.25) is 0 Å². The highest BCUT2D eigenvalue weighted by Crippen LogP contribution is 2.12. The summed E-state index contributed by atoms with van der Waals surface area (Å²) in [5.74, 6) is 0.684. The van der Waals surface area contributed by atoms with Crippen molar-refractivity contribution in [2.45, 2.75) is 20.3 Å². The lowest BCUT2D eigenvalue weighted by atomic mass is 10.1. The van der Waals surface area contributed by atoms with E-state index in [4.69, 9.17) is 4.52 Å². The maximum atomic E-state index is 11.8. The smallest absolute Gasteiger partial charge is 0.269 e. The Morgan fingerprint density at radius 2 is 2.28 bits per heavy atom. The van der Waals surface area contributed by atoms with Crippen LogP contribution in [0.1, 0.15) is 27.5 Å². The van der Waals surface area contributed by atoms with Crippen molar-refractivity contribution in [3.05, 3.63) is 35.0 Å². The average Bonchev–Trinajstić information content (AvgIpc) is 2.89. The minimum absolute atomic E-state index is 0.123. The van der Waals surface area contributed by atoms with E-state index in [-0.39, 0.29) is 5.91 Å². The summed E-state index contributed by atoms with van der Waals surface area (Å²) in [6.45, 7) is 4.32. The average molecular weight is 248 g/mol. The lowest BCUT2D eigenvalue weighted by Gasteiger charge is -2.05. The third-order valence-electron chi connectivity index (χ3n) is 2.90. The van der Waals surface area contributed by atoms with Crippen LogP contribution in [-0.4, -0.2) is 27.4 Å². The number of hydrogen-bond donors (Lipinski definition) is 1. The Hall–Kier alpha value is -2.11. The molecule has 0 saturated carbocycles. The van der Waals surface area contributed by atoms with Crippen LogP contribution < -0.4 is 5.32 Å². The molecule has 0 aliphatic heterocycles. The van der Waals surface area contributed by atoms with Gasteiger partial charge in [0.15, 0.2) is 0 Å². The van der Waals surface area contributed by atoms with Gasteiger partial charge in [0.05, 0.1) is 5.69 Å². The van der Waals surface area contributed by atoms with Crippen LogP contribution in [0.2, 0.25) is 0 Å². The van der Waals surface area contributed by atoms with Crippen molar-refractivity contribution < 1.29 is 9.32 Å². The van der Waals surface area contributed by atoms with Gasteiger partial charge in [0.25, 0.3) is 5.91 Å². The molecule has 6 nitrogen and oxygen atoms in total. The van der Waals surface area contributed by atoms with E-state index in [0.29, 0.717) is 18.7 Å². The van der Waals surface area contributed by atoms with Gasteiger partial charge in [-0.05, 0) is 26.3 Å². The zero-order chi connectivity index (χ0) is 13.1. The normalized spacial score (nSPS) is 10.6. The quantitative estimate of drug-likeness (QED) is 0.876. The van der Waals surface area contributed by atoms with Crippen molar-refractivity contribution in [1.82, 2.24) is 20.3 Å². The third-order valence-corrected chi connectivity index (χ3v) is 2.90. The zero-order valence-corrected chi connectivity index (χ0v) is 10.7. The Morgan fingerprint density at radius 1 is 1.50 bits per heavy atom. The molecule has 6 heteroatoms. The van der Waals surface area contributed by atoms with Gasteiger partial charge in [0.1, 0.15) is 11.5 Å². The summed E-state index contributed by atoms with van der Waals surface area (Å²) in [6.07, 6.45) is 2.31. The lowest BCUT2D eigenvalue weighted by molar-refractivity contribution is 0.0944. The predicted octanol–water partition coefficient (Wildman–Crippen LogP) is 0.997. The summed E-state index contributed by atoms with van der Waals surface area (Å²) in [4.78, 5) is 11.8. The van der Waals surface area contributed by atoms with Crippen LogP contribution in [0.3, 0.4) is 0 Å². The Balaban J connectivity index is 1.90. The topological polar surface area (TPSA) is 73.0 Å². The minimum atomic E-state index is -0.123. The monoisotopic (exact) mass is 248 g/mol. The molecule has 96 valence electrons. The second-order valence-electron chi connectivity index (χ2n) is 4.15. The summed E-state index contributed by atoms with van der Waals surface area (Å²) < 4.78 is 6.61. The molecule has 0 radical (unpaired) electrons. The minimum Gasteiger partial charge on any atom is -0.361 e. The van der Waals surface area contributed by atoms with E-state index in [9.17, 15) is 4.79 Å². The molecule has 2 aromatic heterocycles. The second kappa shape index (κ2) is 5.03. The molecule has 18 heavy (non-hydrogen) atoms. The number of aromatic nitrogens is 3. The van der Waals surface area contributed by atoms with Crippen molar-refractivity contribution in [3.63, 3.8) is 0 Å². The van der Waals surface area contributed by atoms with E-state index in [0.717, 1.165) is 17.0 Å². The van der Waals surface area contributed by atoms with Gasteiger partial charge < -0.3 is 9.84 Å². The number of hydrogen-bond acceptors (Lipinski definition) is 4. The molecule has 1 N–H and O–H groups in total. The zero-order valence-electron chi connectivity index (χ0n) is 10.7. The van der Waals surface area contributed by atoms with Gasteiger partial charge in [-0.25, -0.2) is 0 Å². The first-order chi connectivity index (χ1) is 8.59. The van der Waals surface area contributed by atoms with Gasteiger partial charge in [-0.3, -0.25) is 9.48 Å². The largest absolute Gasteiger partial charge is 0.361 e. The third kappa shape index (κ3) is 2.42. The molecule has 0 aliphatic rings. The first kappa shape index (κ1) is 12.3. The number of nitrogens with one attached hydrogen (secondary N) is 1. The Kier molecular flexibility index (Phi) is 3.45. The lowest BCUT2D eigenvalue weighted by Crippen LogP contribution is -2.27. The fourth-order valence-electron chi connectivity index (χ4n) is 1.85. The van der Waals surface area contributed by atoms with Crippen LogP contribution in [0.15, 0.2) is 16.8 Å². The molecule has 2 aromatic rings. The van der Waals surface area contributed by atoms with Crippen molar-refractivity contribution >= 4 is 5.91 Å². The van der Waals surface area contributed by atoms with Crippen molar-refractivity contribution in [1.29, 1.82) is 0 Å². The van der Waals surface area contributed by atoms with Gasteiger partial charge in [-0.2, -0.15) is 5.10 Å². The molecule has 2 rings (SSSR count). The molecule has 0 aromatic carbocycles. The second-order valence-corrected chi connectivity index (χ2v) is 4.15. The van der Waals surface area contributed by atoms with Gasteiger partial charge in [-0.15, -0.1) is 0 Å². The predicted molar refractivity (Wildman–Crippen MR) is 65.2 cm³/mol. The van der Waals surface area contributed by atoms with E-state index >= 15 is 0 Å². The van der Waals surface area contributed by atoms with Gasteiger partial charge in [0, 0.05) is 25.4 Å². The molecule has 0 spiro atoms. The van der Waals surface area contributed by atoms with Crippen LogP contribution in [-0.2, 0) is 13.5 Å². The number of nitrogens with zero attached hydrogens (tertiary/aromatic N) is 3. The molecule has 0 unspecified atom stereocenters. The Morgan fingerprint density at radius 3 is 2.83 bits per heavy atom. The van der Waals surface area contributed by atoms with Crippen LogP contribution >= 0.6 is 0 Å². The van der Waals surface area contributed by atoms with Gasteiger partial charge >= 0.3 is 0 Å². The van der Waals surface area contributed by atoms with Crippen molar-refractivity contribution in [2.75, 3.05) is 6.54 Å². The summed E-state index contributed by atoms with van der Waals surface area (Å²) in [5, 5.41) is 10.7. The van der Waals surface area contributed by atoms with Crippen LogP contribution in [0, 0.1) is 13.8 Å². The Labute approximate surface area is 105 Å². The summed E-state index contributed by atoms with van der Waals surface area (Å²) in [5.41, 5.74) is 2.48. The number of amides is 1. The molecule has 0 saturated heterocycles. The highest BCUT2D eigenvalue weighted by atomic mass is 16.5. The SMILES string of the molecule is Cc1noc(C)c1CCNC(=O)c1ccnn1C. The van der Waals surface area contributed by atoms with E-state index in [1.807, 2.05) is 13.8 Å². The fourth-order valence-corrected chi connectivity index (χ4v) is 1.85. The number of carbonyl (C=O) groups is 1. The first-order valence-corrected chi connectivity index (χ1v) is 5.77. The van der Waals surface area contributed by atoms with E-state index in [1.54, 1.807) is 24.0 Å². The fraction of sp³-hybridized carbons (Fsp3) is 0.417. The highest BCUT2D eigenvalue weighted by molar-refractivity contribution is 5.92. The number of carbonyl (C=O) groups excluding carboxylic acids is 1. The molecular weight excluding hydrogens is 232 g/mol. The van der Waals surface area contributed by atoms with Crippen LogP contribution in [0.5, 0.6) is 0 Å². The standard InChI is InChI=1S/C12H16N4O2/c1-8-10(9(2)18-15-8)4-6-13-12(17)11-5-7-14-16(11)3/h5,7H,4,6H2,1-3H3,(H,13,17). The van der Waals surface area contributed by atoms with Crippen LogP contribution in [0.4, 0.5) is 0 Å². The van der Waals surface area contributed by atoms with Crippen molar-refractivity contribution in [2.24, 2.45) is 7.05 Å². The van der Waals surface area contributed by atoms with Gasteiger partial charge in [-0.1, -0.05) is 5.16 Å². The van der Waals surface area contributed by atoms with E-state index in [1.165, 1.54) is 0 Å². The maximum Gasteiger partial charge on any atom is 0.269 e. The molecule has 0 atom stereocenters. The molecule has 0 aliphatic carbocycles. The van der Waals surface area contributed by atoms with E-state index in [2.05, 4.69) is 15.6 Å². The molecule has 0 fully saturated rings. The molecule has 2 heterocycles. The Bertz CT molecular complexity index is 537. The van der Waals surface area contributed by atoms with E-state index < -0.39 is 0 Å². The first-order valence-electron chi connectivity index (χ1n) is 5.77. The number of rotatable bonds is 4. The molecular formula is C12H16N4O2. The van der Waals surface area contributed by atoms with Crippen LogP contribution in [0.25, 0.3) is 0 Å². The summed E-state index contributed by atoms with van der Waals surface area (Å²) in [7, 11) is 1.74. The van der Waals surface area contributed by atoms with Crippen molar-refractivity contribution in [3.8, 4) is 0 Å². The summed E-state index contributed by atoms with van der Waals surface area (Å²) >= 11 is 0.